The Morgan fingerprint density at radius 3 is 2.31 bits per heavy atom. The molecule has 2 amide bonds. The summed E-state index contributed by atoms with van der Waals surface area (Å²) in [4.78, 5) is 39.1. The van der Waals surface area contributed by atoms with Crippen molar-refractivity contribution in [1.29, 1.82) is 0 Å². The number of carboxylic acid groups (broad SMARTS) is 1. The van der Waals surface area contributed by atoms with E-state index in [-0.39, 0.29) is 36.3 Å². The molecule has 7 nitrogen and oxygen atoms in total. The van der Waals surface area contributed by atoms with Crippen LogP contribution >= 0.6 is 0 Å². The number of fused-ring (bicyclic) bond motifs is 3. The fourth-order valence-corrected chi connectivity index (χ4v) is 6.19. The van der Waals surface area contributed by atoms with Crippen molar-refractivity contribution < 1.29 is 24.2 Å². The van der Waals surface area contributed by atoms with Crippen LogP contribution in [0.25, 0.3) is 11.1 Å². The molecule has 1 saturated carbocycles. The normalized spacial score (nSPS) is 25.6. The lowest BCUT2D eigenvalue weighted by atomic mass is 9.89. The molecule has 0 aromatic heterocycles. The second kappa shape index (κ2) is 9.72. The quantitative estimate of drug-likeness (QED) is 0.667. The van der Waals surface area contributed by atoms with E-state index < -0.39 is 18.1 Å². The summed E-state index contributed by atoms with van der Waals surface area (Å²) in [7, 11) is 0. The SMILES string of the molecule is CC1CCCN(C(=O)[C@@H]2CC[C@H](NC(=O)OCC3c4ccccc4-c4ccccc43)C2)C1C(=O)O. The number of hydrogen-bond acceptors (Lipinski definition) is 4. The van der Waals surface area contributed by atoms with Gasteiger partial charge in [0, 0.05) is 24.4 Å². The van der Waals surface area contributed by atoms with Gasteiger partial charge in [-0.2, -0.15) is 0 Å². The van der Waals surface area contributed by atoms with Crippen molar-refractivity contribution in [3.8, 4) is 11.1 Å². The van der Waals surface area contributed by atoms with Gasteiger partial charge in [-0.05, 0) is 60.3 Å². The first kappa shape index (κ1) is 23.4. The Bertz CT molecular complexity index is 1090. The molecule has 2 unspecified atom stereocenters. The second-order valence-corrected chi connectivity index (χ2v) is 10.1. The van der Waals surface area contributed by atoms with Crippen LogP contribution in [0.2, 0.25) is 0 Å². The van der Waals surface area contributed by atoms with Crippen molar-refractivity contribution in [2.24, 2.45) is 11.8 Å². The lowest BCUT2D eigenvalue weighted by Crippen LogP contribution is -2.53. The van der Waals surface area contributed by atoms with E-state index in [2.05, 4.69) is 29.6 Å². The number of aliphatic carboxylic acids is 1. The monoisotopic (exact) mass is 476 g/mol. The number of alkyl carbamates (subject to hydrolysis) is 1. The number of carbonyl (C=O) groups is 3. The van der Waals surface area contributed by atoms with Crippen LogP contribution in [0.5, 0.6) is 0 Å². The third-order valence-corrected chi connectivity index (χ3v) is 7.92. The molecular weight excluding hydrogens is 444 g/mol. The Kier molecular flexibility index (Phi) is 6.50. The number of carbonyl (C=O) groups excluding carboxylic acids is 2. The number of rotatable bonds is 5. The van der Waals surface area contributed by atoms with Crippen LogP contribution in [0, 0.1) is 11.8 Å². The zero-order valence-corrected chi connectivity index (χ0v) is 20.0. The molecule has 2 aliphatic carbocycles. The topological polar surface area (TPSA) is 95.9 Å². The van der Waals surface area contributed by atoms with Crippen molar-refractivity contribution >= 4 is 18.0 Å². The van der Waals surface area contributed by atoms with Crippen LogP contribution in [0.15, 0.2) is 48.5 Å². The molecule has 3 aliphatic rings. The van der Waals surface area contributed by atoms with Gasteiger partial charge in [-0.25, -0.2) is 9.59 Å². The van der Waals surface area contributed by atoms with Gasteiger partial charge in [0.25, 0.3) is 0 Å². The first-order chi connectivity index (χ1) is 16.9. The highest BCUT2D eigenvalue weighted by Crippen LogP contribution is 2.44. The van der Waals surface area contributed by atoms with E-state index in [1.165, 1.54) is 11.1 Å². The van der Waals surface area contributed by atoms with Crippen molar-refractivity contribution in [2.75, 3.05) is 13.2 Å². The summed E-state index contributed by atoms with van der Waals surface area (Å²) in [6, 6.07) is 15.5. The van der Waals surface area contributed by atoms with Crippen LogP contribution in [0.3, 0.4) is 0 Å². The van der Waals surface area contributed by atoms with Gasteiger partial charge in [-0.3, -0.25) is 4.79 Å². The molecule has 4 atom stereocenters. The molecule has 0 bridgehead atoms. The lowest BCUT2D eigenvalue weighted by molar-refractivity contribution is -0.156. The number of hydrogen-bond donors (Lipinski definition) is 2. The lowest BCUT2D eigenvalue weighted by Gasteiger charge is -2.38. The first-order valence-electron chi connectivity index (χ1n) is 12.6. The molecular formula is C28H32N2O5. The van der Waals surface area contributed by atoms with E-state index >= 15 is 0 Å². The maximum absolute atomic E-state index is 13.1. The van der Waals surface area contributed by atoms with Crippen molar-refractivity contribution in [3.05, 3.63) is 59.7 Å². The highest BCUT2D eigenvalue weighted by molar-refractivity contribution is 5.86. The maximum atomic E-state index is 13.1. The molecule has 1 aliphatic heterocycles. The van der Waals surface area contributed by atoms with Gasteiger partial charge >= 0.3 is 12.1 Å². The minimum absolute atomic E-state index is 0.0000903. The molecule has 184 valence electrons. The van der Waals surface area contributed by atoms with Crippen LogP contribution in [-0.4, -0.2) is 53.2 Å². The molecule has 2 fully saturated rings. The standard InChI is InChI=1S/C28H32N2O5/c1-17-7-6-14-30(25(17)27(32)33)26(31)18-12-13-19(15-18)29-28(34)35-16-24-22-10-4-2-8-20(22)21-9-3-5-11-23(21)24/h2-5,8-11,17-19,24-25H,6-7,12-16H2,1H3,(H,29,34)(H,32,33)/t17?,18-,19+,25?/m1/s1. The molecule has 0 spiro atoms. The summed E-state index contributed by atoms with van der Waals surface area (Å²) in [5.74, 6) is -1.35. The smallest absolute Gasteiger partial charge is 0.407 e. The van der Waals surface area contributed by atoms with Crippen LogP contribution in [0.1, 0.15) is 56.1 Å². The van der Waals surface area contributed by atoms with E-state index in [1.54, 1.807) is 4.90 Å². The molecule has 1 heterocycles. The van der Waals surface area contributed by atoms with Gasteiger partial charge in [0.1, 0.15) is 12.6 Å². The molecule has 7 heteroatoms. The molecule has 5 rings (SSSR count). The van der Waals surface area contributed by atoms with Gasteiger partial charge in [0.2, 0.25) is 5.91 Å². The Labute approximate surface area is 205 Å². The van der Waals surface area contributed by atoms with Gasteiger partial charge < -0.3 is 20.1 Å². The van der Waals surface area contributed by atoms with E-state index in [0.717, 1.165) is 24.0 Å². The largest absolute Gasteiger partial charge is 0.480 e. The fourth-order valence-electron chi connectivity index (χ4n) is 6.19. The number of carboxylic acids is 1. The number of likely N-dealkylation sites (tertiary alicyclic amines) is 1. The van der Waals surface area contributed by atoms with E-state index in [9.17, 15) is 19.5 Å². The number of amides is 2. The first-order valence-corrected chi connectivity index (χ1v) is 12.6. The van der Waals surface area contributed by atoms with Crippen LogP contribution in [-0.2, 0) is 14.3 Å². The summed E-state index contributed by atoms with van der Waals surface area (Å²) in [6.07, 6.45) is 3.01. The number of benzene rings is 2. The second-order valence-electron chi connectivity index (χ2n) is 10.1. The molecule has 35 heavy (non-hydrogen) atoms. The third-order valence-electron chi connectivity index (χ3n) is 7.92. The number of nitrogens with one attached hydrogen (secondary N) is 1. The minimum atomic E-state index is -0.933. The molecule has 2 aromatic carbocycles. The Morgan fingerprint density at radius 2 is 1.66 bits per heavy atom. The van der Waals surface area contributed by atoms with E-state index in [0.29, 0.717) is 25.8 Å². The molecule has 2 N–H and O–H groups in total. The van der Waals surface area contributed by atoms with Gasteiger partial charge in [-0.1, -0.05) is 55.5 Å². The summed E-state index contributed by atoms with van der Waals surface area (Å²) < 4.78 is 5.65. The number of piperidine rings is 1. The Balaban J connectivity index is 1.16. The highest BCUT2D eigenvalue weighted by Gasteiger charge is 2.41. The highest BCUT2D eigenvalue weighted by atomic mass is 16.5. The molecule has 2 aromatic rings. The molecule has 1 saturated heterocycles. The zero-order valence-electron chi connectivity index (χ0n) is 20.0. The van der Waals surface area contributed by atoms with Crippen LogP contribution in [0.4, 0.5) is 4.79 Å². The van der Waals surface area contributed by atoms with Gasteiger partial charge in [-0.15, -0.1) is 0 Å². The fraction of sp³-hybridized carbons (Fsp3) is 0.464. The van der Waals surface area contributed by atoms with Crippen molar-refractivity contribution in [3.63, 3.8) is 0 Å². The summed E-state index contributed by atoms with van der Waals surface area (Å²) in [5, 5.41) is 12.6. The zero-order chi connectivity index (χ0) is 24.5. The summed E-state index contributed by atoms with van der Waals surface area (Å²) in [6.45, 7) is 2.64. The predicted molar refractivity (Wildman–Crippen MR) is 131 cm³/mol. The minimum Gasteiger partial charge on any atom is -0.480 e. The Hall–Kier alpha value is -3.35. The number of ether oxygens (including phenoxy) is 1. The summed E-state index contributed by atoms with van der Waals surface area (Å²) in [5.41, 5.74) is 4.69. The number of nitrogens with zero attached hydrogens (tertiary/aromatic N) is 1. The van der Waals surface area contributed by atoms with E-state index in [1.807, 2.05) is 31.2 Å². The third kappa shape index (κ3) is 4.51. The van der Waals surface area contributed by atoms with Gasteiger partial charge in [0.05, 0.1) is 0 Å². The average molecular weight is 477 g/mol. The summed E-state index contributed by atoms with van der Waals surface area (Å²) >= 11 is 0. The maximum Gasteiger partial charge on any atom is 0.407 e. The average Bonchev–Trinajstić information content (AvgIpc) is 3.44. The van der Waals surface area contributed by atoms with E-state index in [4.69, 9.17) is 4.74 Å². The van der Waals surface area contributed by atoms with Crippen molar-refractivity contribution in [2.45, 2.75) is 57.0 Å². The van der Waals surface area contributed by atoms with Crippen molar-refractivity contribution in [1.82, 2.24) is 10.2 Å². The van der Waals surface area contributed by atoms with Crippen LogP contribution < -0.4 is 5.32 Å². The Morgan fingerprint density at radius 1 is 1.00 bits per heavy atom. The predicted octanol–water partition coefficient (Wildman–Crippen LogP) is 4.41. The van der Waals surface area contributed by atoms with Gasteiger partial charge in [0.15, 0.2) is 0 Å². The molecule has 0 radical (unpaired) electrons.